The molecule has 0 radical (unpaired) electrons. The van der Waals surface area contributed by atoms with Crippen molar-refractivity contribution in [2.45, 2.75) is 38.7 Å². The summed E-state index contributed by atoms with van der Waals surface area (Å²) in [4.78, 5) is 24.3. The van der Waals surface area contributed by atoms with E-state index in [1.807, 2.05) is 4.90 Å². The highest BCUT2D eigenvalue weighted by molar-refractivity contribution is 5.80. The zero-order valence-corrected chi connectivity index (χ0v) is 9.74. The number of nitrogens with zero attached hydrogens (tertiary/aromatic N) is 1. The molecule has 0 aromatic carbocycles. The molecule has 1 saturated heterocycles. The van der Waals surface area contributed by atoms with Gasteiger partial charge in [-0.1, -0.05) is 6.92 Å². The smallest absolute Gasteiger partial charge is 0.248 e. The Morgan fingerprint density at radius 3 is 2.94 bits per heavy atom. The number of aliphatic hydroxyl groups is 1. The van der Waals surface area contributed by atoms with Gasteiger partial charge in [0.05, 0.1) is 0 Å². The number of nitrogens with one attached hydrogen (secondary N) is 1. The summed E-state index contributed by atoms with van der Waals surface area (Å²) in [6.07, 6.45) is 1.86. The molecule has 92 valence electrons. The molecule has 0 saturated carbocycles. The molecule has 1 aliphatic heterocycles. The minimum absolute atomic E-state index is 0.208. The van der Waals surface area contributed by atoms with E-state index >= 15 is 0 Å². The van der Waals surface area contributed by atoms with Crippen molar-refractivity contribution < 1.29 is 14.7 Å². The van der Waals surface area contributed by atoms with Gasteiger partial charge < -0.3 is 15.3 Å². The molecule has 2 amide bonds. The van der Waals surface area contributed by atoms with Gasteiger partial charge in [0.25, 0.3) is 0 Å². The summed E-state index contributed by atoms with van der Waals surface area (Å²) in [6, 6.07) is 0. The number of carbonyl (C=O) groups excluding carboxylic acids is 2. The molecule has 5 heteroatoms. The van der Waals surface area contributed by atoms with E-state index in [2.05, 4.69) is 5.32 Å². The fraction of sp³-hybridized carbons (Fsp3) is 0.818. The summed E-state index contributed by atoms with van der Waals surface area (Å²) < 4.78 is 0. The van der Waals surface area contributed by atoms with E-state index in [1.165, 1.54) is 0 Å². The van der Waals surface area contributed by atoms with Crippen LogP contribution >= 0.6 is 0 Å². The molecule has 1 atom stereocenters. The molecule has 1 fully saturated rings. The number of aliphatic hydroxyl groups excluding tert-OH is 1. The van der Waals surface area contributed by atoms with E-state index in [0.29, 0.717) is 25.9 Å². The highest BCUT2D eigenvalue weighted by Crippen LogP contribution is 2.09. The van der Waals surface area contributed by atoms with Gasteiger partial charge >= 0.3 is 0 Å². The Morgan fingerprint density at radius 2 is 2.38 bits per heavy atom. The standard InChI is InChI=1S/C11H20N2O3/c1-2-9(14)11(16)12-6-4-8-13-7-3-5-10(13)15/h9,14H,2-8H2,1H3,(H,12,16)/t9-/m0/s1. The predicted octanol–water partition coefficient (Wildman–Crippen LogP) is -0.114. The summed E-state index contributed by atoms with van der Waals surface area (Å²) in [5.41, 5.74) is 0. The third kappa shape index (κ3) is 3.81. The summed E-state index contributed by atoms with van der Waals surface area (Å²) in [5.74, 6) is -0.116. The second-order valence-corrected chi connectivity index (χ2v) is 4.05. The fourth-order valence-electron chi connectivity index (χ4n) is 1.73. The lowest BCUT2D eigenvalue weighted by Gasteiger charge is -2.15. The van der Waals surface area contributed by atoms with Crippen molar-refractivity contribution >= 4 is 11.8 Å². The second kappa shape index (κ2) is 6.48. The number of likely N-dealkylation sites (tertiary alicyclic amines) is 1. The van der Waals surface area contributed by atoms with Crippen molar-refractivity contribution in [3.63, 3.8) is 0 Å². The van der Waals surface area contributed by atoms with Crippen LogP contribution in [0.4, 0.5) is 0 Å². The Hall–Kier alpha value is -1.10. The summed E-state index contributed by atoms with van der Waals surface area (Å²) >= 11 is 0. The van der Waals surface area contributed by atoms with Crippen molar-refractivity contribution in [2.24, 2.45) is 0 Å². The molecule has 0 unspecified atom stereocenters. The Morgan fingerprint density at radius 1 is 1.62 bits per heavy atom. The van der Waals surface area contributed by atoms with Gasteiger partial charge in [-0.05, 0) is 19.3 Å². The molecule has 0 aromatic rings. The quantitative estimate of drug-likeness (QED) is 0.623. The molecular weight excluding hydrogens is 208 g/mol. The Balaban J connectivity index is 2.07. The molecule has 5 nitrogen and oxygen atoms in total. The third-order valence-electron chi connectivity index (χ3n) is 2.76. The monoisotopic (exact) mass is 228 g/mol. The van der Waals surface area contributed by atoms with Crippen LogP contribution in [0, 0.1) is 0 Å². The van der Waals surface area contributed by atoms with Crippen LogP contribution < -0.4 is 5.32 Å². The van der Waals surface area contributed by atoms with Gasteiger partial charge in [0.15, 0.2) is 0 Å². The van der Waals surface area contributed by atoms with E-state index in [9.17, 15) is 14.7 Å². The average Bonchev–Trinajstić information content (AvgIpc) is 2.69. The molecule has 0 bridgehead atoms. The van der Waals surface area contributed by atoms with Crippen LogP contribution in [0.3, 0.4) is 0 Å². The minimum atomic E-state index is -0.909. The zero-order chi connectivity index (χ0) is 12.0. The first-order valence-corrected chi connectivity index (χ1v) is 5.88. The number of hydrogen-bond acceptors (Lipinski definition) is 3. The van der Waals surface area contributed by atoms with Crippen molar-refractivity contribution in [3.05, 3.63) is 0 Å². The van der Waals surface area contributed by atoms with Gasteiger partial charge in [-0.3, -0.25) is 9.59 Å². The molecule has 0 spiro atoms. The normalized spacial score (nSPS) is 17.6. The van der Waals surface area contributed by atoms with Crippen LogP contribution in [0.15, 0.2) is 0 Å². The lowest BCUT2D eigenvalue weighted by Crippen LogP contribution is -2.36. The first-order valence-electron chi connectivity index (χ1n) is 5.88. The Bertz CT molecular complexity index is 256. The molecule has 16 heavy (non-hydrogen) atoms. The predicted molar refractivity (Wildman–Crippen MR) is 59.7 cm³/mol. The first-order chi connectivity index (χ1) is 7.65. The average molecular weight is 228 g/mol. The van der Waals surface area contributed by atoms with Crippen LogP contribution in [0.1, 0.15) is 32.6 Å². The summed E-state index contributed by atoms with van der Waals surface area (Å²) in [7, 11) is 0. The van der Waals surface area contributed by atoms with Crippen LogP contribution in [0.25, 0.3) is 0 Å². The summed E-state index contributed by atoms with van der Waals surface area (Å²) in [5, 5.41) is 11.8. The molecule has 0 aromatic heterocycles. The first kappa shape index (κ1) is 13.0. The Kier molecular flexibility index (Phi) is 5.25. The molecule has 2 N–H and O–H groups in total. The van der Waals surface area contributed by atoms with E-state index in [1.54, 1.807) is 6.92 Å². The van der Waals surface area contributed by atoms with Crippen molar-refractivity contribution in [1.29, 1.82) is 0 Å². The van der Waals surface area contributed by atoms with Gasteiger partial charge in [0.2, 0.25) is 11.8 Å². The molecule has 0 aliphatic carbocycles. The maximum atomic E-state index is 11.3. The second-order valence-electron chi connectivity index (χ2n) is 4.05. The lowest BCUT2D eigenvalue weighted by atomic mass is 10.2. The SMILES string of the molecule is CC[C@H](O)C(=O)NCCCN1CCCC1=O. The maximum Gasteiger partial charge on any atom is 0.248 e. The topological polar surface area (TPSA) is 69.6 Å². The number of carbonyl (C=O) groups is 2. The molecule has 1 heterocycles. The fourth-order valence-corrected chi connectivity index (χ4v) is 1.73. The lowest BCUT2D eigenvalue weighted by molar-refractivity contribution is -0.129. The van der Waals surface area contributed by atoms with Crippen molar-refractivity contribution in [2.75, 3.05) is 19.6 Å². The van der Waals surface area contributed by atoms with Crippen molar-refractivity contribution in [1.82, 2.24) is 10.2 Å². The van der Waals surface area contributed by atoms with Gasteiger partial charge in [-0.25, -0.2) is 0 Å². The number of rotatable bonds is 6. The maximum absolute atomic E-state index is 11.3. The van der Waals surface area contributed by atoms with E-state index in [4.69, 9.17) is 0 Å². The molecule has 1 rings (SSSR count). The van der Waals surface area contributed by atoms with Crippen LogP contribution in [-0.4, -0.2) is 47.6 Å². The van der Waals surface area contributed by atoms with Gasteiger partial charge in [0.1, 0.15) is 6.10 Å². The van der Waals surface area contributed by atoms with Gasteiger partial charge in [-0.2, -0.15) is 0 Å². The van der Waals surface area contributed by atoms with Crippen molar-refractivity contribution in [3.8, 4) is 0 Å². The van der Waals surface area contributed by atoms with E-state index in [-0.39, 0.29) is 11.8 Å². The highest BCUT2D eigenvalue weighted by atomic mass is 16.3. The van der Waals surface area contributed by atoms with Crippen LogP contribution in [0.5, 0.6) is 0 Å². The molecular formula is C11H20N2O3. The van der Waals surface area contributed by atoms with Gasteiger partial charge in [-0.15, -0.1) is 0 Å². The van der Waals surface area contributed by atoms with Gasteiger partial charge in [0, 0.05) is 26.1 Å². The van der Waals surface area contributed by atoms with Crippen LogP contribution in [-0.2, 0) is 9.59 Å². The van der Waals surface area contributed by atoms with E-state index in [0.717, 1.165) is 19.4 Å². The van der Waals surface area contributed by atoms with Crippen LogP contribution in [0.2, 0.25) is 0 Å². The third-order valence-corrected chi connectivity index (χ3v) is 2.76. The Labute approximate surface area is 95.8 Å². The summed E-state index contributed by atoms with van der Waals surface area (Å²) in [6.45, 7) is 3.80. The number of amides is 2. The minimum Gasteiger partial charge on any atom is -0.383 e. The van der Waals surface area contributed by atoms with E-state index < -0.39 is 6.10 Å². The zero-order valence-electron chi connectivity index (χ0n) is 9.74. The largest absolute Gasteiger partial charge is 0.383 e. The molecule has 1 aliphatic rings. The highest BCUT2D eigenvalue weighted by Gasteiger charge is 2.19. The number of hydrogen-bond donors (Lipinski definition) is 2.